The van der Waals surface area contributed by atoms with E-state index in [0.717, 1.165) is 0 Å². The Morgan fingerprint density at radius 2 is 1.87 bits per heavy atom. The molecule has 1 amide bonds. The predicted octanol–water partition coefficient (Wildman–Crippen LogP) is 3.53. The first-order valence-electron chi connectivity index (χ1n) is 6.91. The zero-order valence-electron chi connectivity index (χ0n) is 12.7. The molecule has 2 rings (SSSR count). The first-order valence-corrected chi connectivity index (χ1v) is 7.29. The summed E-state index contributed by atoms with van der Waals surface area (Å²) >= 11 is 5.97. The Bertz CT molecular complexity index is 717. The molecule has 1 atom stereocenters. The van der Waals surface area contributed by atoms with Crippen LogP contribution in [0.3, 0.4) is 0 Å². The standard InChI is InChI=1S/C17H16ClNO4/c1-11(16(20)19-15-9-4-3-8-14(15)18)23-17(21)12-6-5-7-13(10-12)22-2/h3-11H,1-2H3,(H,19,20)/t11-/m0/s1. The number of methoxy groups -OCH3 is 1. The minimum atomic E-state index is -0.968. The number of rotatable bonds is 5. The van der Waals surface area contributed by atoms with E-state index in [-0.39, 0.29) is 0 Å². The Morgan fingerprint density at radius 1 is 1.13 bits per heavy atom. The van der Waals surface area contributed by atoms with E-state index in [4.69, 9.17) is 21.1 Å². The van der Waals surface area contributed by atoms with Gasteiger partial charge in [0.2, 0.25) is 0 Å². The average molecular weight is 334 g/mol. The fourth-order valence-corrected chi connectivity index (χ4v) is 2.01. The van der Waals surface area contributed by atoms with Crippen LogP contribution in [0.5, 0.6) is 5.75 Å². The number of esters is 1. The van der Waals surface area contributed by atoms with Crippen molar-refractivity contribution in [2.75, 3.05) is 12.4 Å². The third-order valence-electron chi connectivity index (χ3n) is 3.09. The molecule has 0 aliphatic heterocycles. The van der Waals surface area contributed by atoms with Gasteiger partial charge in [0.05, 0.1) is 23.4 Å². The lowest BCUT2D eigenvalue weighted by Crippen LogP contribution is -2.30. The topological polar surface area (TPSA) is 64.6 Å². The van der Waals surface area contributed by atoms with Gasteiger partial charge in [0.15, 0.2) is 6.10 Å². The molecule has 0 unspecified atom stereocenters. The van der Waals surface area contributed by atoms with Gasteiger partial charge in [0.25, 0.3) is 5.91 Å². The summed E-state index contributed by atoms with van der Waals surface area (Å²) in [5.41, 5.74) is 0.769. The zero-order chi connectivity index (χ0) is 16.8. The fraction of sp³-hybridized carbons (Fsp3) is 0.176. The van der Waals surface area contributed by atoms with Gasteiger partial charge in [-0.15, -0.1) is 0 Å². The Morgan fingerprint density at radius 3 is 2.57 bits per heavy atom. The smallest absolute Gasteiger partial charge is 0.339 e. The molecule has 2 aromatic rings. The number of para-hydroxylation sites is 1. The molecule has 23 heavy (non-hydrogen) atoms. The van der Waals surface area contributed by atoms with Crippen molar-refractivity contribution in [2.45, 2.75) is 13.0 Å². The third kappa shape index (κ3) is 4.47. The van der Waals surface area contributed by atoms with Gasteiger partial charge >= 0.3 is 5.97 Å². The summed E-state index contributed by atoms with van der Waals surface area (Å²) in [5, 5.41) is 3.03. The van der Waals surface area contributed by atoms with Crippen molar-refractivity contribution in [3.05, 3.63) is 59.1 Å². The highest BCUT2D eigenvalue weighted by Crippen LogP contribution is 2.21. The summed E-state index contributed by atoms with van der Waals surface area (Å²) in [6.45, 7) is 1.49. The molecule has 2 aromatic carbocycles. The Kier molecular flexibility index (Phi) is 5.60. The van der Waals surface area contributed by atoms with E-state index in [1.54, 1.807) is 48.5 Å². The molecule has 0 aliphatic rings. The largest absolute Gasteiger partial charge is 0.497 e. The monoisotopic (exact) mass is 333 g/mol. The highest BCUT2D eigenvalue weighted by atomic mass is 35.5. The van der Waals surface area contributed by atoms with Crippen LogP contribution in [0.2, 0.25) is 5.02 Å². The van der Waals surface area contributed by atoms with Gasteiger partial charge in [0.1, 0.15) is 5.75 Å². The summed E-state index contributed by atoms with van der Waals surface area (Å²) < 4.78 is 10.2. The molecular weight excluding hydrogens is 318 g/mol. The van der Waals surface area contributed by atoms with Crippen LogP contribution < -0.4 is 10.1 Å². The van der Waals surface area contributed by atoms with E-state index in [0.29, 0.717) is 22.0 Å². The first kappa shape index (κ1) is 16.8. The van der Waals surface area contributed by atoms with E-state index >= 15 is 0 Å². The quantitative estimate of drug-likeness (QED) is 0.850. The van der Waals surface area contributed by atoms with Gasteiger partial charge in [-0.2, -0.15) is 0 Å². The van der Waals surface area contributed by atoms with Crippen molar-refractivity contribution in [3.8, 4) is 5.75 Å². The minimum absolute atomic E-state index is 0.307. The lowest BCUT2D eigenvalue weighted by atomic mass is 10.2. The number of carbonyl (C=O) groups excluding carboxylic acids is 2. The van der Waals surface area contributed by atoms with Gasteiger partial charge in [-0.05, 0) is 37.3 Å². The highest BCUT2D eigenvalue weighted by molar-refractivity contribution is 6.33. The van der Waals surface area contributed by atoms with Gasteiger partial charge in [0, 0.05) is 0 Å². The molecule has 120 valence electrons. The molecule has 0 saturated carbocycles. The summed E-state index contributed by atoms with van der Waals surface area (Å²) in [6.07, 6.45) is -0.968. The summed E-state index contributed by atoms with van der Waals surface area (Å²) in [6, 6.07) is 13.3. The van der Waals surface area contributed by atoms with Gasteiger partial charge < -0.3 is 14.8 Å². The number of amides is 1. The average Bonchev–Trinajstić information content (AvgIpc) is 2.56. The molecular formula is C17H16ClNO4. The second-order valence-corrected chi connectivity index (χ2v) is 5.16. The molecule has 0 radical (unpaired) electrons. The number of benzene rings is 2. The molecule has 0 heterocycles. The first-order chi connectivity index (χ1) is 11.0. The van der Waals surface area contributed by atoms with Crippen LogP contribution >= 0.6 is 11.6 Å². The molecule has 5 nitrogen and oxygen atoms in total. The van der Waals surface area contributed by atoms with Crippen molar-refractivity contribution in [1.29, 1.82) is 0 Å². The lowest BCUT2D eigenvalue weighted by molar-refractivity contribution is -0.123. The fourth-order valence-electron chi connectivity index (χ4n) is 1.83. The normalized spacial score (nSPS) is 11.4. The summed E-state index contributed by atoms with van der Waals surface area (Å²) in [7, 11) is 1.50. The predicted molar refractivity (Wildman–Crippen MR) is 88.0 cm³/mol. The van der Waals surface area contributed by atoms with Crippen molar-refractivity contribution in [1.82, 2.24) is 0 Å². The second-order valence-electron chi connectivity index (χ2n) is 4.75. The minimum Gasteiger partial charge on any atom is -0.497 e. The van der Waals surface area contributed by atoms with Crippen LogP contribution in [-0.2, 0) is 9.53 Å². The molecule has 0 fully saturated rings. The molecule has 0 aliphatic carbocycles. The van der Waals surface area contributed by atoms with Crippen molar-refractivity contribution < 1.29 is 19.1 Å². The van der Waals surface area contributed by atoms with Crippen molar-refractivity contribution >= 4 is 29.2 Å². The van der Waals surface area contributed by atoms with E-state index in [1.807, 2.05) is 0 Å². The number of anilines is 1. The third-order valence-corrected chi connectivity index (χ3v) is 3.42. The number of carbonyl (C=O) groups is 2. The van der Waals surface area contributed by atoms with Gasteiger partial charge in [-0.1, -0.05) is 29.8 Å². The summed E-state index contributed by atoms with van der Waals surface area (Å²) in [5.74, 6) is -0.535. The number of hydrogen-bond donors (Lipinski definition) is 1. The van der Waals surface area contributed by atoms with E-state index in [1.165, 1.54) is 14.0 Å². The van der Waals surface area contributed by atoms with Gasteiger partial charge in [-0.3, -0.25) is 4.79 Å². The van der Waals surface area contributed by atoms with Crippen molar-refractivity contribution in [2.24, 2.45) is 0 Å². The Balaban J connectivity index is 2.00. The number of ether oxygens (including phenoxy) is 2. The van der Waals surface area contributed by atoms with Crippen molar-refractivity contribution in [3.63, 3.8) is 0 Å². The lowest BCUT2D eigenvalue weighted by Gasteiger charge is -2.14. The maximum Gasteiger partial charge on any atom is 0.339 e. The number of hydrogen-bond acceptors (Lipinski definition) is 4. The van der Waals surface area contributed by atoms with E-state index < -0.39 is 18.0 Å². The maximum atomic E-state index is 12.1. The Hall–Kier alpha value is -2.53. The number of nitrogens with one attached hydrogen (secondary N) is 1. The summed E-state index contributed by atoms with van der Waals surface area (Å²) in [4.78, 5) is 24.1. The van der Waals surface area contributed by atoms with Crippen LogP contribution in [0.15, 0.2) is 48.5 Å². The molecule has 6 heteroatoms. The maximum absolute atomic E-state index is 12.1. The van der Waals surface area contributed by atoms with Crippen LogP contribution in [0.4, 0.5) is 5.69 Å². The highest BCUT2D eigenvalue weighted by Gasteiger charge is 2.20. The molecule has 0 spiro atoms. The molecule has 0 aromatic heterocycles. The van der Waals surface area contributed by atoms with Crippen LogP contribution in [0, 0.1) is 0 Å². The number of halogens is 1. The van der Waals surface area contributed by atoms with Crippen LogP contribution in [-0.4, -0.2) is 25.1 Å². The molecule has 0 saturated heterocycles. The SMILES string of the molecule is COc1cccc(C(=O)O[C@@H](C)C(=O)Nc2ccccc2Cl)c1. The molecule has 1 N–H and O–H groups in total. The van der Waals surface area contributed by atoms with Gasteiger partial charge in [-0.25, -0.2) is 4.79 Å². The molecule has 0 bridgehead atoms. The second kappa shape index (κ2) is 7.65. The van der Waals surface area contributed by atoms with E-state index in [9.17, 15) is 9.59 Å². The zero-order valence-corrected chi connectivity index (χ0v) is 13.5. The van der Waals surface area contributed by atoms with Crippen LogP contribution in [0.25, 0.3) is 0 Å². The Labute approximate surface area is 139 Å². The van der Waals surface area contributed by atoms with Crippen LogP contribution in [0.1, 0.15) is 17.3 Å². The van der Waals surface area contributed by atoms with E-state index in [2.05, 4.69) is 5.32 Å².